The van der Waals surface area contributed by atoms with E-state index in [2.05, 4.69) is 6.58 Å². The van der Waals surface area contributed by atoms with E-state index in [9.17, 15) is 0 Å². The lowest BCUT2D eigenvalue weighted by atomic mass is 9.90. The molecule has 2 radical (unpaired) electrons. The largest absolute Gasteiger partial charge is 0.318 e. The van der Waals surface area contributed by atoms with Gasteiger partial charge in [-0.1, -0.05) is 5.47 Å². The molecule has 0 aromatic rings. The van der Waals surface area contributed by atoms with Gasteiger partial charge in [-0.05, 0) is 19.4 Å². The van der Waals surface area contributed by atoms with Crippen LogP contribution >= 0.6 is 0 Å². The van der Waals surface area contributed by atoms with Gasteiger partial charge in [-0.3, -0.25) is 0 Å². The van der Waals surface area contributed by atoms with Crippen molar-refractivity contribution in [2.75, 3.05) is 7.05 Å². The molecule has 0 aliphatic carbocycles. The van der Waals surface area contributed by atoms with Gasteiger partial charge in [-0.2, -0.15) is 0 Å². The highest BCUT2D eigenvalue weighted by Crippen LogP contribution is 2.09. The van der Waals surface area contributed by atoms with Crippen molar-refractivity contribution in [3.8, 4) is 0 Å². The summed E-state index contributed by atoms with van der Waals surface area (Å²) in [5, 5.41) is 1.52. The number of hydrogen-bond acceptors (Lipinski definition) is 2. The van der Waals surface area contributed by atoms with Gasteiger partial charge in [0.1, 0.15) is 7.85 Å². The number of hydrazine groups is 1. The van der Waals surface area contributed by atoms with Crippen LogP contribution in [0.5, 0.6) is 0 Å². The maximum absolute atomic E-state index is 5.45. The zero-order valence-electron chi connectivity index (χ0n) is 6.81. The molecule has 0 aliphatic heterocycles. The van der Waals surface area contributed by atoms with Crippen LogP contribution in [-0.4, -0.2) is 19.9 Å². The van der Waals surface area contributed by atoms with Crippen molar-refractivity contribution in [3.63, 3.8) is 0 Å². The summed E-state index contributed by atoms with van der Waals surface area (Å²) in [5.41, 5.74) is 2.44. The van der Waals surface area contributed by atoms with Gasteiger partial charge in [0.05, 0.1) is 0 Å². The molecule has 0 heterocycles. The predicted octanol–water partition coefficient (Wildman–Crippen LogP) is 0.768. The molecule has 0 saturated carbocycles. The number of allylic oxidation sites excluding steroid dienone is 3. The van der Waals surface area contributed by atoms with E-state index in [1.54, 1.807) is 7.05 Å². The van der Waals surface area contributed by atoms with Gasteiger partial charge < -0.3 is 5.01 Å². The minimum Gasteiger partial charge on any atom is -0.318 e. The standard InChI is InChI=1S/C7H13BN2/c1-5(6(2)8)7(3)10(4)9/h2,9H2,1,3-4H3/b7-5-. The quantitative estimate of drug-likeness (QED) is 0.263. The van der Waals surface area contributed by atoms with Crippen molar-refractivity contribution in [1.29, 1.82) is 0 Å². The zero-order valence-corrected chi connectivity index (χ0v) is 6.81. The van der Waals surface area contributed by atoms with Gasteiger partial charge >= 0.3 is 0 Å². The summed E-state index contributed by atoms with van der Waals surface area (Å²) in [5.74, 6) is 5.45. The lowest BCUT2D eigenvalue weighted by molar-refractivity contribution is 0.438. The second-order valence-corrected chi connectivity index (χ2v) is 2.35. The third-order valence-corrected chi connectivity index (χ3v) is 1.55. The Labute approximate surface area is 63.8 Å². The Bertz CT molecular complexity index is 170. The summed E-state index contributed by atoms with van der Waals surface area (Å²) in [6, 6.07) is 0. The van der Waals surface area contributed by atoms with E-state index < -0.39 is 0 Å². The Morgan fingerprint density at radius 1 is 1.50 bits per heavy atom. The monoisotopic (exact) mass is 136 g/mol. The normalized spacial score (nSPS) is 12.4. The molecule has 0 spiro atoms. The van der Waals surface area contributed by atoms with Crippen LogP contribution in [0, 0.1) is 0 Å². The number of hydrogen-bond donors (Lipinski definition) is 1. The Balaban J connectivity index is 4.50. The molecule has 0 atom stereocenters. The molecule has 10 heavy (non-hydrogen) atoms. The van der Waals surface area contributed by atoms with Gasteiger partial charge in [-0.15, -0.1) is 6.58 Å². The lowest BCUT2D eigenvalue weighted by Gasteiger charge is -2.15. The molecule has 3 heteroatoms. The summed E-state index contributed by atoms with van der Waals surface area (Å²) in [7, 11) is 7.21. The topological polar surface area (TPSA) is 29.3 Å². The minimum absolute atomic E-state index is 0.565. The molecule has 0 aromatic carbocycles. The molecule has 0 aliphatic rings. The number of nitrogens with zero attached hydrogens (tertiary/aromatic N) is 1. The molecular weight excluding hydrogens is 123 g/mol. The fraction of sp³-hybridized carbons (Fsp3) is 0.429. The summed E-state index contributed by atoms with van der Waals surface area (Å²) in [4.78, 5) is 0. The summed E-state index contributed by atoms with van der Waals surface area (Å²) < 4.78 is 0. The van der Waals surface area contributed by atoms with Crippen LogP contribution in [0.15, 0.2) is 23.3 Å². The van der Waals surface area contributed by atoms with Crippen molar-refractivity contribution < 1.29 is 0 Å². The van der Waals surface area contributed by atoms with Crippen molar-refractivity contribution >= 4 is 7.85 Å². The van der Waals surface area contributed by atoms with Crippen LogP contribution in [0.3, 0.4) is 0 Å². The first-order chi connectivity index (χ1) is 4.46. The van der Waals surface area contributed by atoms with E-state index in [1.165, 1.54) is 5.01 Å². The smallest absolute Gasteiger partial charge is 0.113 e. The van der Waals surface area contributed by atoms with Gasteiger partial charge in [0, 0.05) is 12.7 Å². The highest BCUT2D eigenvalue weighted by molar-refractivity contribution is 6.23. The average molecular weight is 136 g/mol. The Morgan fingerprint density at radius 2 is 1.90 bits per heavy atom. The Morgan fingerprint density at radius 3 is 2.00 bits per heavy atom. The van der Waals surface area contributed by atoms with Gasteiger partial charge in [0.2, 0.25) is 0 Å². The Hall–Kier alpha value is -0.695. The molecule has 2 nitrogen and oxygen atoms in total. The van der Waals surface area contributed by atoms with Crippen molar-refractivity contribution in [3.05, 3.63) is 23.3 Å². The SMILES string of the molecule is [B]C(=C)/C(C)=C(/C)N(C)N. The molecule has 0 rings (SSSR count). The molecule has 0 aromatic heterocycles. The fourth-order valence-corrected chi connectivity index (χ4v) is 0.497. The first-order valence-electron chi connectivity index (χ1n) is 3.07. The van der Waals surface area contributed by atoms with E-state index in [4.69, 9.17) is 13.7 Å². The number of rotatable bonds is 2. The molecule has 0 unspecified atom stereocenters. The number of nitrogens with two attached hydrogens (primary N) is 1. The van der Waals surface area contributed by atoms with Crippen molar-refractivity contribution in [2.24, 2.45) is 5.84 Å². The zero-order chi connectivity index (χ0) is 8.31. The molecular formula is C7H13BN2. The highest BCUT2D eigenvalue weighted by Gasteiger charge is 1.97. The van der Waals surface area contributed by atoms with Crippen LogP contribution < -0.4 is 5.84 Å². The molecule has 0 saturated heterocycles. The maximum atomic E-state index is 5.45. The second kappa shape index (κ2) is 3.47. The van der Waals surface area contributed by atoms with E-state index >= 15 is 0 Å². The predicted molar refractivity (Wildman–Crippen MR) is 45.2 cm³/mol. The fourth-order valence-electron chi connectivity index (χ4n) is 0.497. The molecule has 0 bridgehead atoms. The minimum atomic E-state index is 0.565. The third kappa shape index (κ3) is 2.27. The average Bonchev–Trinajstić information content (AvgIpc) is 1.84. The van der Waals surface area contributed by atoms with Gasteiger partial charge in [0.25, 0.3) is 0 Å². The maximum Gasteiger partial charge on any atom is 0.113 e. The van der Waals surface area contributed by atoms with Crippen LogP contribution in [0.4, 0.5) is 0 Å². The van der Waals surface area contributed by atoms with Gasteiger partial charge in [-0.25, -0.2) is 5.84 Å². The van der Waals surface area contributed by atoms with E-state index in [-0.39, 0.29) is 0 Å². The molecule has 0 fully saturated rings. The Kier molecular flexibility index (Phi) is 3.23. The van der Waals surface area contributed by atoms with Crippen LogP contribution in [0.1, 0.15) is 13.8 Å². The lowest BCUT2D eigenvalue weighted by Crippen LogP contribution is -2.24. The van der Waals surface area contributed by atoms with Crippen LogP contribution in [0.2, 0.25) is 0 Å². The van der Waals surface area contributed by atoms with E-state index in [1.807, 2.05) is 13.8 Å². The molecule has 2 N–H and O–H groups in total. The van der Waals surface area contributed by atoms with Crippen LogP contribution in [-0.2, 0) is 0 Å². The summed E-state index contributed by atoms with van der Waals surface area (Å²) in [6.45, 7) is 7.38. The van der Waals surface area contributed by atoms with Crippen molar-refractivity contribution in [1.82, 2.24) is 5.01 Å². The third-order valence-electron chi connectivity index (χ3n) is 1.55. The first kappa shape index (κ1) is 9.30. The van der Waals surface area contributed by atoms with Crippen LogP contribution in [0.25, 0.3) is 0 Å². The second-order valence-electron chi connectivity index (χ2n) is 2.35. The van der Waals surface area contributed by atoms with E-state index in [0.717, 1.165) is 11.3 Å². The molecule has 54 valence electrons. The molecule has 0 amide bonds. The van der Waals surface area contributed by atoms with Gasteiger partial charge in [0.15, 0.2) is 0 Å². The summed E-state index contributed by atoms with van der Waals surface area (Å²) >= 11 is 0. The first-order valence-corrected chi connectivity index (χ1v) is 3.07. The summed E-state index contributed by atoms with van der Waals surface area (Å²) in [6.07, 6.45) is 0. The van der Waals surface area contributed by atoms with Crippen molar-refractivity contribution in [2.45, 2.75) is 13.8 Å². The highest BCUT2D eigenvalue weighted by atomic mass is 15.4. The van der Waals surface area contributed by atoms with E-state index in [0.29, 0.717) is 5.47 Å².